The number of hydrogen-bond donors (Lipinski definition) is 1. The highest BCUT2D eigenvalue weighted by Crippen LogP contribution is 2.53. The lowest BCUT2D eigenvalue weighted by Crippen LogP contribution is -2.52. The minimum atomic E-state index is -0.959. The summed E-state index contributed by atoms with van der Waals surface area (Å²) >= 11 is 0. The second-order valence-electron chi connectivity index (χ2n) is 10.7. The van der Waals surface area contributed by atoms with Gasteiger partial charge in [-0.3, -0.25) is 14.4 Å². The molecule has 39 heavy (non-hydrogen) atoms. The number of rotatable bonds is 8. The van der Waals surface area contributed by atoms with E-state index < -0.39 is 5.97 Å². The summed E-state index contributed by atoms with van der Waals surface area (Å²) < 4.78 is 5.91. The van der Waals surface area contributed by atoms with Gasteiger partial charge in [0.05, 0.1) is 12.5 Å². The van der Waals surface area contributed by atoms with Crippen molar-refractivity contribution in [2.45, 2.75) is 63.1 Å². The monoisotopic (exact) mass is 524 g/mol. The SMILES string of the molecule is O=C(O)CCC(=O)N(C1CC1)[C@H]1c2ccccc2N(C(=O)c2ccc(Oc3ccccc3)cc2)[C@H]2CCC[C@H]21. The Morgan fingerprint density at radius 1 is 0.821 bits per heavy atom. The van der Waals surface area contributed by atoms with Crippen LogP contribution in [0.1, 0.15) is 66.9 Å². The van der Waals surface area contributed by atoms with Crippen molar-refractivity contribution in [3.05, 3.63) is 90.0 Å². The summed E-state index contributed by atoms with van der Waals surface area (Å²) in [4.78, 5) is 42.6. The Balaban J connectivity index is 1.31. The van der Waals surface area contributed by atoms with Crippen LogP contribution in [0.2, 0.25) is 0 Å². The maximum atomic E-state index is 14.0. The predicted octanol–water partition coefficient (Wildman–Crippen LogP) is 6.20. The molecule has 7 nitrogen and oxygen atoms in total. The minimum absolute atomic E-state index is 0.00192. The van der Waals surface area contributed by atoms with Crippen LogP contribution in [0.15, 0.2) is 78.9 Å². The van der Waals surface area contributed by atoms with Crippen molar-refractivity contribution in [1.82, 2.24) is 4.90 Å². The third-order valence-corrected chi connectivity index (χ3v) is 8.16. The van der Waals surface area contributed by atoms with Crippen LogP contribution in [-0.4, -0.2) is 39.9 Å². The van der Waals surface area contributed by atoms with Gasteiger partial charge >= 0.3 is 5.97 Å². The average Bonchev–Trinajstić information content (AvgIpc) is 3.67. The molecule has 7 heteroatoms. The molecular formula is C32H32N2O5. The molecule has 6 rings (SSSR count). The van der Waals surface area contributed by atoms with Crippen LogP contribution in [0.5, 0.6) is 11.5 Å². The number of fused-ring (bicyclic) bond motifs is 2. The highest BCUT2D eigenvalue weighted by atomic mass is 16.5. The number of ether oxygens (including phenoxy) is 1. The molecule has 0 unspecified atom stereocenters. The smallest absolute Gasteiger partial charge is 0.303 e. The van der Waals surface area contributed by atoms with Gasteiger partial charge in [-0.2, -0.15) is 0 Å². The summed E-state index contributed by atoms with van der Waals surface area (Å²) in [5.74, 6) is 0.395. The van der Waals surface area contributed by atoms with Crippen LogP contribution >= 0.6 is 0 Å². The normalized spacial score (nSPS) is 21.5. The second-order valence-corrected chi connectivity index (χ2v) is 10.7. The Labute approximate surface area is 228 Å². The Bertz CT molecular complexity index is 1370. The van der Waals surface area contributed by atoms with E-state index in [1.54, 1.807) is 0 Å². The number of anilines is 1. The van der Waals surface area contributed by atoms with E-state index in [1.807, 2.05) is 88.7 Å². The Morgan fingerprint density at radius 3 is 2.23 bits per heavy atom. The fourth-order valence-corrected chi connectivity index (χ4v) is 6.35. The lowest BCUT2D eigenvalue weighted by atomic mass is 9.81. The first kappa shape index (κ1) is 25.2. The number of carbonyl (C=O) groups is 3. The number of para-hydroxylation sites is 2. The molecule has 2 amide bonds. The Hall–Kier alpha value is -4.13. The average molecular weight is 525 g/mol. The molecule has 0 aromatic heterocycles. The molecule has 0 radical (unpaired) electrons. The molecule has 3 aromatic carbocycles. The number of carbonyl (C=O) groups excluding carboxylic acids is 2. The molecule has 1 aliphatic heterocycles. The molecule has 0 saturated heterocycles. The van der Waals surface area contributed by atoms with Gasteiger partial charge in [-0.25, -0.2) is 0 Å². The van der Waals surface area contributed by atoms with E-state index in [9.17, 15) is 19.5 Å². The van der Waals surface area contributed by atoms with Gasteiger partial charge in [0.2, 0.25) is 5.91 Å². The third kappa shape index (κ3) is 5.01. The molecule has 2 saturated carbocycles. The molecule has 1 N–H and O–H groups in total. The van der Waals surface area contributed by atoms with Gasteiger partial charge in [0.25, 0.3) is 5.91 Å². The van der Waals surface area contributed by atoms with Crippen molar-refractivity contribution in [3.63, 3.8) is 0 Å². The summed E-state index contributed by atoms with van der Waals surface area (Å²) in [6.07, 6.45) is 4.49. The van der Waals surface area contributed by atoms with E-state index in [0.29, 0.717) is 11.3 Å². The van der Waals surface area contributed by atoms with E-state index in [4.69, 9.17) is 4.74 Å². The number of hydrogen-bond acceptors (Lipinski definition) is 4. The fourth-order valence-electron chi connectivity index (χ4n) is 6.35. The molecular weight excluding hydrogens is 492 g/mol. The van der Waals surface area contributed by atoms with Crippen LogP contribution < -0.4 is 9.64 Å². The summed E-state index contributed by atoms with van der Waals surface area (Å²) in [6.45, 7) is 0. The van der Waals surface area contributed by atoms with Gasteiger partial charge < -0.3 is 19.6 Å². The lowest BCUT2D eigenvalue weighted by molar-refractivity contribution is -0.142. The molecule has 3 aromatic rings. The zero-order valence-corrected chi connectivity index (χ0v) is 21.7. The van der Waals surface area contributed by atoms with Gasteiger partial charge in [0.15, 0.2) is 0 Å². The zero-order valence-electron chi connectivity index (χ0n) is 21.7. The molecule has 2 aliphatic carbocycles. The molecule has 0 spiro atoms. The van der Waals surface area contributed by atoms with E-state index in [0.717, 1.165) is 49.1 Å². The number of carboxylic acids is 1. The van der Waals surface area contributed by atoms with Gasteiger partial charge in [-0.1, -0.05) is 42.8 Å². The zero-order chi connectivity index (χ0) is 26.9. The first-order valence-corrected chi connectivity index (χ1v) is 13.8. The third-order valence-electron chi connectivity index (χ3n) is 8.16. The number of benzene rings is 3. The highest BCUT2D eigenvalue weighted by molar-refractivity contribution is 6.07. The maximum absolute atomic E-state index is 14.0. The largest absolute Gasteiger partial charge is 0.481 e. The van der Waals surface area contributed by atoms with Crippen molar-refractivity contribution >= 4 is 23.5 Å². The van der Waals surface area contributed by atoms with Crippen molar-refractivity contribution in [3.8, 4) is 11.5 Å². The van der Waals surface area contributed by atoms with E-state index in [-0.39, 0.29) is 48.7 Å². The van der Waals surface area contributed by atoms with Gasteiger partial charge in [-0.15, -0.1) is 0 Å². The van der Waals surface area contributed by atoms with E-state index >= 15 is 0 Å². The quantitative estimate of drug-likeness (QED) is 0.379. The molecule has 3 aliphatic rings. The summed E-state index contributed by atoms with van der Waals surface area (Å²) in [6, 6.07) is 24.7. The van der Waals surface area contributed by atoms with Crippen molar-refractivity contribution in [2.24, 2.45) is 5.92 Å². The number of carboxylic acid groups (broad SMARTS) is 1. The predicted molar refractivity (Wildman–Crippen MR) is 147 cm³/mol. The van der Waals surface area contributed by atoms with Crippen molar-refractivity contribution in [2.75, 3.05) is 4.90 Å². The maximum Gasteiger partial charge on any atom is 0.303 e. The van der Waals surface area contributed by atoms with E-state index in [1.165, 1.54) is 0 Å². The van der Waals surface area contributed by atoms with Gasteiger partial charge in [-0.05, 0) is 73.7 Å². The second kappa shape index (κ2) is 10.6. The van der Waals surface area contributed by atoms with Crippen LogP contribution in [-0.2, 0) is 9.59 Å². The highest BCUT2D eigenvalue weighted by Gasteiger charge is 2.51. The first-order valence-electron chi connectivity index (χ1n) is 13.8. The topological polar surface area (TPSA) is 87.2 Å². The van der Waals surface area contributed by atoms with E-state index in [2.05, 4.69) is 0 Å². The molecule has 2 fully saturated rings. The number of nitrogens with zero attached hydrogens (tertiary/aromatic N) is 2. The van der Waals surface area contributed by atoms with Gasteiger partial charge in [0.1, 0.15) is 11.5 Å². The molecule has 0 bridgehead atoms. The van der Waals surface area contributed by atoms with Crippen LogP contribution in [0.3, 0.4) is 0 Å². The molecule has 200 valence electrons. The molecule has 3 atom stereocenters. The van der Waals surface area contributed by atoms with Gasteiger partial charge in [0, 0.05) is 35.7 Å². The molecule has 1 heterocycles. The van der Waals surface area contributed by atoms with Crippen LogP contribution in [0, 0.1) is 5.92 Å². The fraction of sp³-hybridized carbons (Fsp3) is 0.344. The first-order chi connectivity index (χ1) is 19.0. The minimum Gasteiger partial charge on any atom is -0.481 e. The summed E-state index contributed by atoms with van der Waals surface area (Å²) in [5.41, 5.74) is 2.41. The van der Waals surface area contributed by atoms with Crippen LogP contribution in [0.25, 0.3) is 0 Å². The van der Waals surface area contributed by atoms with Crippen LogP contribution in [0.4, 0.5) is 5.69 Å². The summed E-state index contributed by atoms with van der Waals surface area (Å²) in [5, 5.41) is 9.19. The number of amides is 2. The lowest BCUT2D eigenvalue weighted by Gasteiger charge is -2.48. The Kier molecular flexibility index (Phi) is 6.81. The number of aliphatic carboxylic acids is 1. The standard InChI is InChI=1S/C32H32N2O5/c35-29(19-20-30(36)37)33(22-15-16-22)31-25-9-4-5-11-27(25)34(28-12-6-10-26(28)31)32(38)21-13-17-24(18-14-21)39-23-7-2-1-3-8-23/h1-5,7-9,11,13-14,17-18,22,26,28,31H,6,10,12,15-16,19-20H2,(H,36,37)/t26-,28+,31+/m1/s1. The van der Waals surface area contributed by atoms with Crippen molar-refractivity contribution in [1.29, 1.82) is 0 Å². The summed E-state index contributed by atoms with van der Waals surface area (Å²) in [7, 11) is 0. The van der Waals surface area contributed by atoms with Crippen molar-refractivity contribution < 1.29 is 24.2 Å². The Morgan fingerprint density at radius 2 is 1.51 bits per heavy atom.